The van der Waals surface area contributed by atoms with E-state index in [1.165, 1.54) is 31.9 Å². The van der Waals surface area contributed by atoms with Crippen LogP contribution >= 0.6 is 0 Å². The number of fused-ring (bicyclic) bond motifs is 7. The van der Waals surface area contributed by atoms with Crippen molar-refractivity contribution in [1.29, 1.82) is 0 Å². The molecule has 4 nitrogen and oxygen atoms in total. The van der Waals surface area contributed by atoms with Gasteiger partial charge in [0.25, 0.3) is 0 Å². The zero-order chi connectivity index (χ0) is 31.0. The zero-order valence-electron chi connectivity index (χ0n) is 28.4. The molecule has 42 heavy (non-hydrogen) atoms. The molecule has 5 saturated carbocycles. The van der Waals surface area contributed by atoms with E-state index in [1.807, 2.05) is 0 Å². The molecule has 0 aromatic heterocycles. The van der Waals surface area contributed by atoms with Gasteiger partial charge in [0, 0.05) is 23.7 Å². The van der Waals surface area contributed by atoms with Gasteiger partial charge in [-0.2, -0.15) is 0 Å². The highest BCUT2D eigenvalue weighted by molar-refractivity contribution is 5.89. The molecular weight excluding hydrogens is 520 g/mol. The van der Waals surface area contributed by atoms with Crippen LogP contribution in [-0.4, -0.2) is 24.6 Å². The van der Waals surface area contributed by atoms with E-state index in [1.54, 1.807) is 0 Å². The lowest BCUT2D eigenvalue weighted by molar-refractivity contribution is -0.232. The van der Waals surface area contributed by atoms with Gasteiger partial charge in [-0.25, -0.2) is 0 Å². The topological polar surface area (TPSA) is 60.4 Å². The molecular formula is C38H60O4. The Balaban J connectivity index is 1.51. The molecule has 0 saturated heterocycles. The second-order valence-electron chi connectivity index (χ2n) is 17.5. The molecule has 5 fully saturated rings. The van der Waals surface area contributed by atoms with Crippen LogP contribution in [0.15, 0.2) is 12.2 Å². The number of carbonyl (C=O) groups excluding carboxylic acids is 3. The third kappa shape index (κ3) is 4.37. The summed E-state index contributed by atoms with van der Waals surface area (Å²) in [7, 11) is 1.46. The van der Waals surface area contributed by atoms with Gasteiger partial charge in [-0.15, -0.1) is 0 Å². The van der Waals surface area contributed by atoms with Crippen molar-refractivity contribution in [2.75, 3.05) is 7.11 Å². The summed E-state index contributed by atoms with van der Waals surface area (Å²) < 4.78 is 5.19. The summed E-state index contributed by atoms with van der Waals surface area (Å²) in [6.07, 6.45) is 11.5. The second kappa shape index (κ2) is 10.6. The van der Waals surface area contributed by atoms with E-state index < -0.39 is 0 Å². The van der Waals surface area contributed by atoms with Crippen molar-refractivity contribution in [1.82, 2.24) is 0 Å². The Labute approximate surface area is 256 Å². The lowest BCUT2D eigenvalue weighted by Gasteiger charge is -2.72. The number of Topliss-reactive ketones (excluding diaryl/α,β-unsaturated/α-hetero) is 2. The lowest BCUT2D eigenvalue weighted by atomic mass is 9.32. The highest BCUT2D eigenvalue weighted by atomic mass is 16.5. The monoisotopic (exact) mass is 580 g/mol. The first-order chi connectivity index (χ1) is 19.5. The summed E-state index contributed by atoms with van der Waals surface area (Å²) in [6, 6.07) is 0. The highest BCUT2D eigenvalue weighted by Crippen LogP contribution is 2.77. The summed E-state index contributed by atoms with van der Waals surface area (Å²) in [5, 5.41) is 0. The van der Waals surface area contributed by atoms with E-state index in [2.05, 4.69) is 62.0 Å². The predicted octanol–water partition coefficient (Wildman–Crippen LogP) is 9.01. The first kappa shape index (κ1) is 32.0. The van der Waals surface area contributed by atoms with Gasteiger partial charge < -0.3 is 4.74 Å². The van der Waals surface area contributed by atoms with Crippen molar-refractivity contribution >= 4 is 17.5 Å². The molecule has 0 amide bonds. The van der Waals surface area contributed by atoms with Crippen molar-refractivity contribution in [3.8, 4) is 0 Å². The number of hydrogen-bond donors (Lipinski definition) is 0. The van der Waals surface area contributed by atoms with Crippen LogP contribution in [0.3, 0.4) is 0 Å². The van der Waals surface area contributed by atoms with Crippen LogP contribution in [0.5, 0.6) is 0 Å². The molecule has 5 aliphatic carbocycles. The third-order valence-electron chi connectivity index (χ3n) is 15.1. The summed E-state index contributed by atoms with van der Waals surface area (Å²) in [6.45, 7) is 23.1. The molecule has 5 rings (SSSR count). The number of ether oxygens (including phenoxy) is 1. The largest absolute Gasteiger partial charge is 0.469 e. The highest BCUT2D eigenvalue weighted by Gasteiger charge is 2.71. The summed E-state index contributed by atoms with van der Waals surface area (Å²) >= 11 is 0. The molecule has 0 radical (unpaired) electrons. The van der Waals surface area contributed by atoms with Crippen LogP contribution in [0.4, 0.5) is 0 Å². The predicted molar refractivity (Wildman–Crippen MR) is 169 cm³/mol. The number of rotatable bonds is 7. The maximum absolute atomic E-state index is 14.6. The molecule has 0 bridgehead atoms. The molecule has 0 unspecified atom stereocenters. The smallest absolute Gasteiger partial charge is 0.309 e. The Morgan fingerprint density at radius 3 is 2.21 bits per heavy atom. The Bertz CT molecular complexity index is 1130. The maximum Gasteiger partial charge on any atom is 0.309 e. The van der Waals surface area contributed by atoms with Crippen LogP contribution in [0.1, 0.15) is 132 Å². The summed E-state index contributed by atoms with van der Waals surface area (Å²) in [4.78, 5) is 40.5. The normalized spacial score (nSPS) is 44.8. The van der Waals surface area contributed by atoms with E-state index in [0.29, 0.717) is 59.9 Å². The van der Waals surface area contributed by atoms with E-state index in [4.69, 9.17) is 4.74 Å². The molecule has 0 spiro atoms. The first-order valence-corrected chi connectivity index (χ1v) is 17.3. The Morgan fingerprint density at radius 2 is 1.60 bits per heavy atom. The van der Waals surface area contributed by atoms with Gasteiger partial charge in [0.1, 0.15) is 11.6 Å². The second-order valence-corrected chi connectivity index (χ2v) is 17.5. The standard InChI is InChI=1S/C38H60O4/c1-23(2)21-25(33(41)42-10)22-31(40)38-18-13-26(24(3)4)32(38)27-11-12-29-35(7)16-15-30(39)34(5,6)28(35)14-17-37(29,9)36(27,8)19-20-38/h23,25-29,32H,3,11-22H2,1-2,4-10H3/t25-,26+,27-,28+,29-,32-,35+,36-,37-,38-/m1/s1. The van der Waals surface area contributed by atoms with Gasteiger partial charge in [0.15, 0.2) is 0 Å². The fourth-order valence-corrected chi connectivity index (χ4v) is 12.8. The minimum atomic E-state index is -0.351. The number of ketones is 2. The molecule has 236 valence electrons. The van der Waals surface area contributed by atoms with Crippen molar-refractivity contribution in [3.05, 3.63) is 12.2 Å². The number of hydrogen-bond acceptors (Lipinski definition) is 4. The maximum atomic E-state index is 14.6. The number of carbonyl (C=O) groups is 3. The van der Waals surface area contributed by atoms with E-state index in [9.17, 15) is 14.4 Å². The fourth-order valence-electron chi connectivity index (χ4n) is 12.8. The Kier molecular flexibility index (Phi) is 8.05. The van der Waals surface area contributed by atoms with Crippen molar-refractivity contribution in [2.45, 2.75) is 132 Å². The fraction of sp³-hybridized carbons (Fsp3) is 0.868. The first-order valence-electron chi connectivity index (χ1n) is 17.3. The molecule has 4 heteroatoms. The van der Waals surface area contributed by atoms with Crippen molar-refractivity contribution < 1.29 is 19.1 Å². The molecule has 0 aromatic rings. The number of allylic oxidation sites excluding steroid dienone is 1. The SMILES string of the molecule is C=C(C)[C@@H]1CC[C@]2(C(=O)C[C@@H](CC(C)C)C(=O)OC)CC[C@]3(C)[C@H](CC[C@@H]4[C@@]5(C)CCC(=O)C(C)(C)[C@@H]5CC[C@]43C)[C@@H]12. The van der Waals surface area contributed by atoms with E-state index in [0.717, 1.165) is 44.9 Å². The van der Waals surface area contributed by atoms with Crippen molar-refractivity contribution in [3.63, 3.8) is 0 Å². The van der Waals surface area contributed by atoms with E-state index >= 15 is 0 Å². The van der Waals surface area contributed by atoms with Crippen molar-refractivity contribution in [2.24, 2.45) is 68.5 Å². The Morgan fingerprint density at radius 1 is 0.905 bits per heavy atom. The summed E-state index contributed by atoms with van der Waals surface area (Å²) in [5.74, 6) is 2.79. The molecule has 0 aromatic carbocycles. The van der Waals surface area contributed by atoms with Crippen LogP contribution in [-0.2, 0) is 19.1 Å². The van der Waals surface area contributed by atoms with Crippen LogP contribution in [0.25, 0.3) is 0 Å². The number of esters is 1. The molecule has 10 atom stereocenters. The third-order valence-corrected chi connectivity index (χ3v) is 15.1. The minimum absolute atomic E-state index is 0.154. The molecule has 0 aliphatic heterocycles. The van der Waals surface area contributed by atoms with E-state index in [-0.39, 0.29) is 39.0 Å². The van der Waals surface area contributed by atoms with Crippen LogP contribution in [0.2, 0.25) is 0 Å². The average molecular weight is 581 g/mol. The van der Waals surface area contributed by atoms with Gasteiger partial charge >= 0.3 is 5.97 Å². The van der Waals surface area contributed by atoms with Gasteiger partial charge in [-0.3, -0.25) is 14.4 Å². The summed E-state index contributed by atoms with van der Waals surface area (Å²) in [5.41, 5.74) is 1.20. The average Bonchev–Trinajstić information content (AvgIpc) is 3.32. The Hall–Kier alpha value is -1.45. The van der Waals surface area contributed by atoms with Gasteiger partial charge in [0.2, 0.25) is 0 Å². The number of methoxy groups -OCH3 is 1. The quantitative estimate of drug-likeness (QED) is 0.223. The molecule has 0 heterocycles. The molecule has 0 N–H and O–H groups in total. The molecule has 5 aliphatic rings. The van der Waals surface area contributed by atoms with Crippen LogP contribution < -0.4 is 0 Å². The minimum Gasteiger partial charge on any atom is -0.469 e. The van der Waals surface area contributed by atoms with Crippen LogP contribution in [0, 0.1) is 68.5 Å². The zero-order valence-corrected chi connectivity index (χ0v) is 28.4. The van der Waals surface area contributed by atoms with Gasteiger partial charge in [-0.05, 0) is 123 Å². The van der Waals surface area contributed by atoms with Gasteiger partial charge in [-0.1, -0.05) is 60.6 Å². The van der Waals surface area contributed by atoms with Gasteiger partial charge in [0.05, 0.1) is 13.0 Å². The lowest BCUT2D eigenvalue weighted by Crippen LogP contribution is -2.66.